The van der Waals surface area contributed by atoms with Crippen LogP contribution < -0.4 is 0 Å². The molecule has 2 aliphatic rings. The lowest BCUT2D eigenvalue weighted by atomic mass is 9.68. The van der Waals surface area contributed by atoms with Crippen molar-refractivity contribution in [3.05, 3.63) is 11.1 Å². The Balaban J connectivity index is 2.44. The second-order valence-corrected chi connectivity index (χ2v) is 4.80. The average molecular weight is 177 g/mol. The fourth-order valence-corrected chi connectivity index (χ4v) is 2.64. The lowest BCUT2D eigenvalue weighted by Gasteiger charge is -2.39. The van der Waals surface area contributed by atoms with Gasteiger partial charge in [-0.15, -0.1) is 0 Å². The van der Waals surface area contributed by atoms with Gasteiger partial charge < -0.3 is 0 Å². The third kappa shape index (κ3) is 1.34. The minimum Gasteiger partial charge on any atom is -0.289 e. The van der Waals surface area contributed by atoms with Gasteiger partial charge in [0, 0.05) is 17.7 Å². The number of hydrogen-bond donors (Lipinski definition) is 0. The molecule has 0 saturated heterocycles. The predicted molar refractivity (Wildman–Crippen MR) is 57.3 cm³/mol. The Morgan fingerprint density at radius 3 is 2.77 bits per heavy atom. The van der Waals surface area contributed by atoms with Crippen LogP contribution in [-0.2, 0) is 0 Å². The number of fused-ring (bicyclic) bond motifs is 1. The fourth-order valence-electron chi connectivity index (χ4n) is 2.64. The number of allylic oxidation sites excluding steroid dienone is 2. The third-order valence-electron chi connectivity index (χ3n) is 3.78. The molecule has 1 heterocycles. The summed E-state index contributed by atoms with van der Waals surface area (Å²) in [5.41, 5.74) is 4.87. The van der Waals surface area contributed by atoms with Crippen LogP contribution >= 0.6 is 0 Å². The summed E-state index contributed by atoms with van der Waals surface area (Å²) in [5.74, 6) is 0. The van der Waals surface area contributed by atoms with Crippen LogP contribution in [0.2, 0.25) is 0 Å². The van der Waals surface area contributed by atoms with E-state index in [1.54, 1.807) is 5.57 Å². The molecule has 1 atom stereocenters. The summed E-state index contributed by atoms with van der Waals surface area (Å²) in [6, 6.07) is 0. The van der Waals surface area contributed by atoms with Gasteiger partial charge in [0.1, 0.15) is 0 Å². The van der Waals surface area contributed by atoms with Crippen molar-refractivity contribution in [2.24, 2.45) is 10.4 Å². The van der Waals surface area contributed by atoms with Gasteiger partial charge in [-0.3, -0.25) is 4.99 Å². The van der Waals surface area contributed by atoms with E-state index >= 15 is 0 Å². The maximum atomic E-state index is 4.71. The van der Waals surface area contributed by atoms with Crippen LogP contribution in [0.15, 0.2) is 16.1 Å². The lowest BCUT2D eigenvalue weighted by Crippen LogP contribution is -2.35. The molecule has 0 bridgehead atoms. The average Bonchev–Trinajstić information content (AvgIpc) is 2.12. The Bertz CT molecular complexity index is 285. The zero-order valence-electron chi connectivity index (χ0n) is 8.98. The Hall–Kier alpha value is -0.590. The smallest absolute Gasteiger partial charge is 0.0435 e. The van der Waals surface area contributed by atoms with Gasteiger partial charge in [-0.05, 0) is 45.1 Å². The van der Waals surface area contributed by atoms with Crippen molar-refractivity contribution in [1.82, 2.24) is 0 Å². The summed E-state index contributed by atoms with van der Waals surface area (Å²) in [6.45, 7) is 7.94. The van der Waals surface area contributed by atoms with Crippen molar-refractivity contribution in [2.75, 3.05) is 6.54 Å². The number of hydrogen-bond acceptors (Lipinski definition) is 1. The van der Waals surface area contributed by atoms with Crippen LogP contribution in [0.1, 0.15) is 46.5 Å². The zero-order valence-corrected chi connectivity index (χ0v) is 8.98. The van der Waals surface area contributed by atoms with Crippen molar-refractivity contribution >= 4 is 5.71 Å². The van der Waals surface area contributed by atoms with Crippen LogP contribution in [-0.4, -0.2) is 12.3 Å². The standard InChI is InChI=1S/C12H19N/c1-9-5-7-12(3)6-4-8-13-11(12)10(9)2/h4-8H2,1-3H3/t12-/m0/s1. The SMILES string of the molecule is CC1=C(C)C2=NCCC[C@@]2(C)CC1. The van der Waals surface area contributed by atoms with Gasteiger partial charge in [0.05, 0.1) is 0 Å². The van der Waals surface area contributed by atoms with E-state index in [0.29, 0.717) is 5.41 Å². The van der Waals surface area contributed by atoms with E-state index in [4.69, 9.17) is 4.99 Å². The van der Waals surface area contributed by atoms with Crippen molar-refractivity contribution in [2.45, 2.75) is 46.5 Å². The lowest BCUT2D eigenvalue weighted by molar-refractivity contribution is 0.360. The Morgan fingerprint density at radius 1 is 1.23 bits per heavy atom. The zero-order chi connectivity index (χ0) is 9.47. The molecule has 0 amide bonds. The van der Waals surface area contributed by atoms with Crippen molar-refractivity contribution in [3.8, 4) is 0 Å². The highest BCUT2D eigenvalue weighted by atomic mass is 14.8. The first-order valence-electron chi connectivity index (χ1n) is 5.35. The highest BCUT2D eigenvalue weighted by molar-refractivity contribution is 6.05. The first-order valence-corrected chi connectivity index (χ1v) is 5.35. The number of rotatable bonds is 0. The third-order valence-corrected chi connectivity index (χ3v) is 3.78. The van der Waals surface area contributed by atoms with E-state index < -0.39 is 0 Å². The van der Waals surface area contributed by atoms with Gasteiger partial charge in [0.15, 0.2) is 0 Å². The second kappa shape index (κ2) is 2.97. The molecule has 2 rings (SSSR count). The summed E-state index contributed by atoms with van der Waals surface area (Å²) >= 11 is 0. The summed E-state index contributed by atoms with van der Waals surface area (Å²) in [4.78, 5) is 4.71. The first kappa shape index (κ1) is 8.98. The summed E-state index contributed by atoms with van der Waals surface area (Å²) in [5, 5.41) is 0. The topological polar surface area (TPSA) is 12.4 Å². The molecule has 0 aromatic carbocycles. The van der Waals surface area contributed by atoms with Gasteiger partial charge in [-0.25, -0.2) is 0 Å². The molecular formula is C12H19N. The van der Waals surface area contributed by atoms with Gasteiger partial charge in [0.2, 0.25) is 0 Å². The van der Waals surface area contributed by atoms with E-state index in [2.05, 4.69) is 20.8 Å². The molecule has 0 unspecified atom stereocenters. The van der Waals surface area contributed by atoms with Crippen molar-refractivity contribution in [3.63, 3.8) is 0 Å². The Labute approximate surface area is 80.9 Å². The van der Waals surface area contributed by atoms with Crippen LogP contribution in [0.3, 0.4) is 0 Å². The molecule has 1 nitrogen and oxygen atoms in total. The number of aliphatic imine (C=N–C) groups is 1. The minimum atomic E-state index is 0.418. The van der Waals surface area contributed by atoms with E-state index in [-0.39, 0.29) is 0 Å². The molecule has 1 aliphatic heterocycles. The second-order valence-electron chi connectivity index (χ2n) is 4.80. The highest BCUT2D eigenvalue weighted by Crippen LogP contribution is 2.42. The maximum Gasteiger partial charge on any atom is 0.0435 e. The van der Waals surface area contributed by atoms with E-state index in [0.717, 1.165) is 6.54 Å². The molecule has 0 saturated carbocycles. The quantitative estimate of drug-likeness (QED) is 0.538. The highest BCUT2D eigenvalue weighted by Gasteiger charge is 2.36. The largest absolute Gasteiger partial charge is 0.289 e. The van der Waals surface area contributed by atoms with E-state index in [9.17, 15) is 0 Å². The molecule has 0 N–H and O–H groups in total. The molecule has 1 heteroatoms. The molecule has 0 aromatic rings. The molecule has 72 valence electrons. The minimum absolute atomic E-state index is 0.418. The monoisotopic (exact) mass is 177 g/mol. The number of nitrogens with zero attached hydrogens (tertiary/aromatic N) is 1. The molecule has 0 radical (unpaired) electrons. The Morgan fingerprint density at radius 2 is 2.00 bits per heavy atom. The van der Waals surface area contributed by atoms with Gasteiger partial charge in [0.25, 0.3) is 0 Å². The van der Waals surface area contributed by atoms with Crippen molar-refractivity contribution in [1.29, 1.82) is 0 Å². The van der Waals surface area contributed by atoms with Gasteiger partial charge in [-0.1, -0.05) is 12.5 Å². The maximum absolute atomic E-state index is 4.71. The molecule has 13 heavy (non-hydrogen) atoms. The van der Waals surface area contributed by atoms with Gasteiger partial charge in [-0.2, -0.15) is 0 Å². The molecule has 0 aromatic heterocycles. The van der Waals surface area contributed by atoms with Crippen LogP contribution in [0.25, 0.3) is 0 Å². The van der Waals surface area contributed by atoms with E-state index in [1.807, 2.05) is 0 Å². The van der Waals surface area contributed by atoms with Crippen LogP contribution in [0.4, 0.5) is 0 Å². The van der Waals surface area contributed by atoms with Crippen LogP contribution in [0, 0.1) is 5.41 Å². The fraction of sp³-hybridized carbons (Fsp3) is 0.750. The van der Waals surface area contributed by atoms with E-state index in [1.165, 1.54) is 37.0 Å². The normalized spacial score (nSPS) is 34.2. The molecular weight excluding hydrogens is 158 g/mol. The Kier molecular flexibility index (Phi) is 2.05. The molecule has 0 spiro atoms. The summed E-state index contributed by atoms with van der Waals surface area (Å²) in [7, 11) is 0. The molecule has 1 aliphatic carbocycles. The predicted octanol–water partition coefficient (Wildman–Crippen LogP) is 3.36. The first-order chi connectivity index (χ1) is 6.13. The van der Waals surface area contributed by atoms with Gasteiger partial charge >= 0.3 is 0 Å². The summed E-state index contributed by atoms with van der Waals surface area (Å²) < 4.78 is 0. The molecule has 0 fully saturated rings. The van der Waals surface area contributed by atoms with Crippen LogP contribution in [0.5, 0.6) is 0 Å². The summed E-state index contributed by atoms with van der Waals surface area (Å²) in [6.07, 6.45) is 5.22. The van der Waals surface area contributed by atoms with Crippen molar-refractivity contribution < 1.29 is 0 Å².